The van der Waals surface area contributed by atoms with E-state index in [9.17, 15) is 4.79 Å². The standard InChI is InChI=1S/C11H14BNO3/c1-8(2)11(14)13-7-9-3-5-10(6-4-9)12(15)16/h3-6,15-16H,1,7H2,2H3,(H,13,14). The molecule has 84 valence electrons. The van der Waals surface area contributed by atoms with Gasteiger partial charge in [0, 0.05) is 12.1 Å². The number of hydrogen-bond donors (Lipinski definition) is 3. The van der Waals surface area contributed by atoms with E-state index >= 15 is 0 Å². The fourth-order valence-electron chi connectivity index (χ4n) is 1.14. The zero-order chi connectivity index (χ0) is 12.1. The van der Waals surface area contributed by atoms with Crippen molar-refractivity contribution in [3.8, 4) is 0 Å². The van der Waals surface area contributed by atoms with Gasteiger partial charge in [0.2, 0.25) is 5.91 Å². The molecule has 1 aromatic rings. The minimum Gasteiger partial charge on any atom is -0.423 e. The van der Waals surface area contributed by atoms with Gasteiger partial charge >= 0.3 is 7.12 Å². The fourth-order valence-corrected chi connectivity index (χ4v) is 1.14. The number of amides is 1. The van der Waals surface area contributed by atoms with Crippen LogP contribution in [0.4, 0.5) is 0 Å². The van der Waals surface area contributed by atoms with Crippen LogP contribution in [-0.2, 0) is 11.3 Å². The summed E-state index contributed by atoms with van der Waals surface area (Å²) in [6.07, 6.45) is 0. The van der Waals surface area contributed by atoms with Crippen molar-refractivity contribution in [2.45, 2.75) is 13.5 Å². The van der Waals surface area contributed by atoms with Gasteiger partial charge in [0.1, 0.15) is 0 Å². The molecule has 16 heavy (non-hydrogen) atoms. The van der Waals surface area contributed by atoms with Crippen molar-refractivity contribution in [2.75, 3.05) is 0 Å². The maximum Gasteiger partial charge on any atom is 0.488 e. The molecule has 0 bridgehead atoms. The lowest BCUT2D eigenvalue weighted by Gasteiger charge is -2.05. The summed E-state index contributed by atoms with van der Waals surface area (Å²) in [5, 5.41) is 20.4. The number of nitrogens with one attached hydrogen (secondary N) is 1. The van der Waals surface area contributed by atoms with Gasteiger partial charge in [-0.15, -0.1) is 0 Å². The van der Waals surface area contributed by atoms with Crippen molar-refractivity contribution in [1.82, 2.24) is 5.32 Å². The second-order valence-corrected chi connectivity index (χ2v) is 3.58. The molecule has 0 aliphatic heterocycles. The van der Waals surface area contributed by atoms with Crippen molar-refractivity contribution < 1.29 is 14.8 Å². The molecule has 1 amide bonds. The third-order valence-electron chi connectivity index (χ3n) is 2.12. The summed E-state index contributed by atoms with van der Waals surface area (Å²) in [6.45, 7) is 5.56. The minimum absolute atomic E-state index is 0.189. The monoisotopic (exact) mass is 219 g/mol. The third-order valence-corrected chi connectivity index (χ3v) is 2.12. The Kier molecular flexibility index (Phi) is 4.28. The highest BCUT2D eigenvalue weighted by Crippen LogP contribution is 1.97. The highest BCUT2D eigenvalue weighted by molar-refractivity contribution is 6.58. The zero-order valence-electron chi connectivity index (χ0n) is 9.10. The van der Waals surface area contributed by atoms with Crippen LogP contribution in [0.25, 0.3) is 0 Å². The Labute approximate surface area is 94.8 Å². The average Bonchev–Trinajstić information content (AvgIpc) is 2.26. The van der Waals surface area contributed by atoms with Crippen LogP contribution < -0.4 is 10.8 Å². The number of carbonyl (C=O) groups excluding carboxylic acids is 1. The predicted molar refractivity (Wildman–Crippen MR) is 62.9 cm³/mol. The molecular weight excluding hydrogens is 205 g/mol. The first-order valence-electron chi connectivity index (χ1n) is 4.89. The quantitative estimate of drug-likeness (QED) is 0.475. The van der Waals surface area contributed by atoms with E-state index in [0.29, 0.717) is 17.6 Å². The van der Waals surface area contributed by atoms with Crippen molar-refractivity contribution in [3.05, 3.63) is 42.0 Å². The van der Waals surface area contributed by atoms with E-state index in [1.807, 2.05) is 0 Å². The van der Waals surface area contributed by atoms with E-state index in [1.165, 1.54) is 0 Å². The molecule has 1 rings (SSSR count). The molecule has 0 aliphatic rings. The summed E-state index contributed by atoms with van der Waals surface area (Å²) in [4.78, 5) is 11.2. The number of benzene rings is 1. The normalized spacial score (nSPS) is 9.69. The fraction of sp³-hybridized carbons (Fsp3) is 0.182. The van der Waals surface area contributed by atoms with Gasteiger partial charge in [0.05, 0.1) is 0 Å². The molecule has 0 saturated heterocycles. The topological polar surface area (TPSA) is 69.6 Å². The summed E-state index contributed by atoms with van der Waals surface area (Å²) in [5.41, 5.74) is 1.77. The SMILES string of the molecule is C=C(C)C(=O)NCc1ccc(B(O)O)cc1. The van der Waals surface area contributed by atoms with Gasteiger partial charge in [0.25, 0.3) is 0 Å². The first-order valence-corrected chi connectivity index (χ1v) is 4.89. The van der Waals surface area contributed by atoms with Gasteiger partial charge in [-0.1, -0.05) is 30.8 Å². The van der Waals surface area contributed by atoms with Crippen LogP contribution in [0.3, 0.4) is 0 Å². The van der Waals surface area contributed by atoms with Crippen molar-refractivity contribution in [2.24, 2.45) is 0 Å². The van der Waals surface area contributed by atoms with Crippen LogP contribution in [0, 0.1) is 0 Å². The summed E-state index contributed by atoms with van der Waals surface area (Å²) in [7, 11) is -1.46. The van der Waals surface area contributed by atoms with Crippen molar-refractivity contribution in [1.29, 1.82) is 0 Å². The van der Waals surface area contributed by atoms with Gasteiger partial charge in [-0.05, 0) is 17.9 Å². The first-order chi connectivity index (χ1) is 7.50. The molecule has 0 radical (unpaired) electrons. The van der Waals surface area contributed by atoms with Crippen LogP contribution in [-0.4, -0.2) is 23.1 Å². The molecule has 0 spiro atoms. The molecule has 0 saturated carbocycles. The molecule has 0 heterocycles. The molecule has 0 unspecified atom stereocenters. The molecule has 0 aliphatic carbocycles. The second kappa shape index (κ2) is 5.49. The van der Waals surface area contributed by atoms with Gasteiger partial charge in [-0.25, -0.2) is 0 Å². The van der Waals surface area contributed by atoms with Crippen LogP contribution in [0.1, 0.15) is 12.5 Å². The highest BCUT2D eigenvalue weighted by Gasteiger charge is 2.09. The Balaban J connectivity index is 2.56. The molecule has 5 heteroatoms. The van der Waals surface area contributed by atoms with Crippen molar-refractivity contribution >= 4 is 18.5 Å². The van der Waals surface area contributed by atoms with Gasteiger partial charge in [0.15, 0.2) is 0 Å². The summed E-state index contributed by atoms with van der Waals surface area (Å²) in [6, 6.07) is 6.67. The second-order valence-electron chi connectivity index (χ2n) is 3.58. The number of hydrogen-bond acceptors (Lipinski definition) is 3. The molecule has 0 atom stereocenters. The molecule has 0 fully saturated rings. The zero-order valence-corrected chi connectivity index (χ0v) is 9.10. The van der Waals surface area contributed by atoms with Gasteiger partial charge in [-0.3, -0.25) is 4.79 Å². The lowest BCUT2D eigenvalue weighted by molar-refractivity contribution is -0.117. The van der Waals surface area contributed by atoms with Crippen LogP contribution in [0.15, 0.2) is 36.4 Å². The molecular formula is C11H14BNO3. The predicted octanol–water partition coefficient (Wildman–Crippen LogP) is -0.441. The summed E-state index contributed by atoms with van der Waals surface area (Å²) in [5.74, 6) is -0.189. The maximum atomic E-state index is 11.2. The average molecular weight is 219 g/mol. The third kappa shape index (κ3) is 3.53. The van der Waals surface area contributed by atoms with E-state index in [4.69, 9.17) is 10.0 Å². The number of rotatable bonds is 4. The Bertz CT molecular complexity index is 387. The Morgan fingerprint density at radius 2 is 1.94 bits per heavy atom. The Morgan fingerprint density at radius 1 is 1.38 bits per heavy atom. The van der Waals surface area contributed by atoms with Crippen LogP contribution in [0.5, 0.6) is 0 Å². The van der Waals surface area contributed by atoms with Gasteiger partial charge in [-0.2, -0.15) is 0 Å². The van der Waals surface area contributed by atoms with Crippen LogP contribution >= 0.6 is 0 Å². The van der Waals surface area contributed by atoms with E-state index in [0.717, 1.165) is 5.56 Å². The minimum atomic E-state index is -1.46. The molecule has 3 N–H and O–H groups in total. The van der Waals surface area contributed by atoms with Crippen molar-refractivity contribution in [3.63, 3.8) is 0 Å². The summed E-state index contributed by atoms with van der Waals surface area (Å²) >= 11 is 0. The van der Waals surface area contributed by atoms with Gasteiger partial charge < -0.3 is 15.4 Å². The maximum absolute atomic E-state index is 11.2. The lowest BCUT2D eigenvalue weighted by Crippen LogP contribution is -2.30. The highest BCUT2D eigenvalue weighted by atomic mass is 16.4. The van der Waals surface area contributed by atoms with E-state index in [-0.39, 0.29) is 5.91 Å². The molecule has 4 nitrogen and oxygen atoms in total. The largest absolute Gasteiger partial charge is 0.488 e. The van der Waals surface area contributed by atoms with Crippen LogP contribution in [0.2, 0.25) is 0 Å². The molecule has 1 aromatic carbocycles. The lowest BCUT2D eigenvalue weighted by atomic mass is 9.80. The smallest absolute Gasteiger partial charge is 0.423 e. The number of carbonyl (C=O) groups is 1. The Hall–Kier alpha value is -1.59. The Morgan fingerprint density at radius 3 is 2.38 bits per heavy atom. The first kappa shape index (κ1) is 12.5. The van der Waals surface area contributed by atoms with E-state index in [2.05, 4.69) is 11.9 Å². The molecule has 0 aromatic heterocycles. The van der Waals surface area contributed by atoms with E-state index in [1.54, 1.807) is 31.2 Å². The van der Waals surface area contributed by atoms with E-state index < -0.39 is 7.12 Å². The summed E-state index contributed by atoms with van der Waals surface area (Å²) < 4.78 is 0.